The number of nitrogens with two attached hydrogens (primary N) is 1. The lowest BCUT2D eigenvalue weighted by molar-refractivity contribution is -0.141. The Labute approximate surface area is 130 Å². The first-order valence-electron chi connectivity index (χ1n) is 7.68. The van der Waals surface area contributed by atoms with Crippen molar-refractivity contribution < 1.29 is 14.3 Å². The largest absolute Gasteiger partial charge is 0.379 e. The lowest BCUT2D eigenvalue weighted by atomic mass is 9.94. The molecule has 2 amide bonds. The van der Waals surface area contributed by atoms with Crippen LogP contribution in [0.4, 0.5) is 0 Å². The van der Waals surface area contributed by atoms with E-state index in [0.29, 0.717) is 25.9 Å². The maximum Gasteiger partial charge on any atom is 0.224 e. The summed E-state index contributed by atoms with van der Waals surface area (Å²) in [5.41, 5.74) is 5.25. The fraction of sp³-hybridized carbons (Fsp3) is 0.667. The van der Waals surface area contributed by atoms with Crippen LogP contribution in [-0.4, -0.2) is 52.1 Å². The van der Waals surface area contributed by atoms with Gasteiger partial charge in [0.1, 0.15) is 0 Å². The summed E-state index contributed by atoms with van der Waals surface area (Å²) in [6, 6.07) is -0.0680. The SMILES string of the molecule is CO[C@H]1CCCN(C(=O)CCn2ccnc2)[C@H]1CCC(N)=O. The highest BCUT2D eigenvalue weighted by Crippen LogP contribution is 2.24. The van der Waals surface area contributed by atoms with Crippen molar-refractivity contribution in [1.82, 2.24) is 14.5 Å². The van der Waals surface area contributed by atoms with Crippen molar-refractivity contribution in [3.05, 3.63) is 18.7 Å². The molecule has 0 spiro atoms. The highest BCUT2D eigenvalue weighted by Gasteiger charge is 2.34. The minimum Gasteiger partial charge on any atom is -0.379 e. The van der Waals surface area contributed by atoms with E-state index in [4.69, 9.17) is 10.5 Å². The van der Waals surface area contributed by atoms with Crippen molar-refractivity contribution >= 4 is 11.8 Å². The number of piperidine rings is 1. The molecular formula is C15H24N4O3. The minimum absolute atomic E-state index is 0.0229. The lowest BCUT2D eigenvalue weighted by Crippen LogP contribution is -2.52. The smallest absolute Gasteiger partial charge is 0.224 e. The number of carbonyl (C=O) groups is 2. The molecule has 2 atom stereocenters. The van der Waals surface area contributed by atoms with Gasteiger partial charge in [0.2, 0.25) is 11.8 Å². The summed E-state index contributed by atoms with van der Waals surface area (Å²) < 4.78 is 7.39. The van der Waals surface area contributed by atoms with Gasteiger partial charge in [0.25, 0.3) is 0 Å². The molecule has 22 heavy (non-hydrogen) atoms. The predicted molar refractivity (Wildman–Crippen MR) is 80.8 cm³/mol. The Hall–Kier alpha value is -1.89. The van der Waals surface area contributed by atoms with E-state index in [1.807, 2.05) is 15.7 Å². The number of nitrogens with zero attached hydrogens (tertiary/aromatic N) is 3. The normalized spacial score (nSPS) is 21.8. The first-order chi connectivity index (χ1) is 10.6. The van der Waals surface area contributed by atoms with Crippen molar-refractivity contribution in [3.8, 4) is 0 Å². The van der Waals surface area contributed by atoms with E-state index in [0.717, 1.165) is 12.8 Å². The molecule has 0 radical (unpaired) electrons. The van der Waals surface area contributed by atoms with Gasteiger partial charge in [-0.05, 0) is 19.3 Å². The summed E-state index contributed by atoms with van der Waals surface area (Å²) in [4.78, 5) is 29.4. The highest BCUT2D eigenvalue weighted by molar-refractivity contribution is 5.77. The zero-order chi connectivity index (χ0) is 15.9. The Morgan fingerprint density at radius 2 is 2.23 bits per heavy atom. The number of primary amides is 1. The Kier molecular flexibility index (Phi) is 5.94. The molecule has 0 saturated carbocycles. The molecule has 0 unspecified atom stereocenters. The second-order valence-corrected chi connectivity index (χ2v) is 5.63. The molecule has 1 fully saturated rings. The lowest BCUT2D eigenvalue weighted by Gasteiger charge is -2.40. The fourth-order valence-electron chi connectivity index (χ4n) is 3.03. The molecular weight excluding hydrogens is 284 g/mol. The van der Waals surface area contributed by atoms with Crippen LogP contribution >= 0.6 is 0 Å². The summed E-state index contributed by atoms with van der Waals surface area (Å²) in [6.45, 7) is 1.32. The number of hydrogen-bond acceptors (Lipinski definition) is 4. The molecule has 1 aromatic heterocycles. The molecule has 7 nitrogen and oxygen atoms in total. The van der Waals surface area contributed by atoms with Gasteiger partial charge in [-0.3, -0.25) is 9.59 Å². The van der Waals surface area contributed by atoms with Gasteiger partial charge in [-0.25, -0.2) is 4.98 Å². The van der Waals surface area contributed by atoms with Gasteiger partial charge < -0.3 is 19.9 Å². The number of likely N-dealkylation sites (tertiary alicyclic amines) is 1. The predicted octanol–water partition coefficient (Wildman–Crippen LogP) is 0.545. The third-order valence-electron chi connectivity index (χ3n) is 4.17. The molecule has 1 saturated heterocycles. The van der Waals surface area contributed by atoms with E-state index in [9.17, 15) is 9.59 Å². The van der Waals surface area contributed by atoms with Crippen LogP contribution in [0.1, 0.15) is 32.1 Å². The number of methoxy groups -OCH3 is 1. The molecule has 0 aliphatic carbocycles. The van der Waals surface area contributed by atoms with Crippen molar-refractivity contribution in [3.63, 3.8) is 0 Å². The monoisotopic (exact) mass is 308 g/mol. The zero-order valence-electron chi connectivity index (χ0n) is 13.0. The summed E-state index contributed by atoms with van der Waals surface area (Å²) in [5.74, 6) is -0.254. The van der Waals surface area contributed by atoms with Crippen LogP contribution in [0.3, 0.4) is 0 Å². The molecule has 0 bridgehead atoms. The fourth-order valence-corrected chi connectivity index (χ4v) is 3.03. The third kappa shape index (κ3) is 4.30. The summed E-state index contributed by atoms with van der Waals surface area (Å²) in [6.07, 6.45) is 8.29. The maximum absolute atomic E-state index is 12.5. The van der Waals surface area contributed by atoms with Crippen LogP contribution in [-0.2, 0) is 20.9 Å². The van der Waals surface area contributed by atoms with E-state index < -0.39 is 0 Å². The third-order valence-corrected chi connectivity index (χ3v) is 4.17. The molecule has 2 heterocycles. The van der Waals surface area contributed by atoms with Crippen molar-refractivity contribution in [2.45, 2.75) is 50.8 Å². The Morgan fingerprint density at radius 3 is 2.86 bits per heavy atom. The number of ether oxygens (including phenoxy) is 1. The van der Waals surface area contributed by atoms with Gasteiger partial charge in [-0.2, -0.15) is 0 Å². The maximum atomic E-state index is 12.5. The van der Waals surface area contributed by atoms with Crippen LogP contribution in [0.15, 0.2) is 18.7 Å². The molecule has 122 valence electrons. The van der Waals surface area contributed by atoms with Gasteiger partial charge in [-0.1, -0.05) is 0 Å². The first kappa shape index (κ1) is 16.5. The van der Waals surface area contributed by atoms with E-state index in [-0.39, 0.29) is 30.4 Å². The van der Waals surface area contributed by atoms with Crippen LogP contribution in [0.25, 0.3) is 0 Å². The van der Waals surface area contributed by atoms with Gasteiger partial charge >= 0.3 is 0 Å². The molecule has 2 rings (SSSR count). The Morgan fingerprint density at radius 1 is 1.41 bits per heavy atom. The Bertz CT molecular complexity index is 489. The van der Waals surface area contributed by atoms with E-state index in [1.54, 1.807) is 19.6 Å². The van der Waals surface area contributed by atoms with Gasteiger partial charge in [0, 0.05) is 45.4 Å². The zero-order valence-corrected chi connectivity index (χ0v) is 13.0. The first-order valence-corrected chi connectivity index (χ1v) is 7.68. The van der Waals surface area contributed by atoms with Gasteiger partial charge in [0.05, 0.1) is 18.5 Å². The molecule has 2 N–H and O–H groups in total. The molecule has 0 aromatic carbocycles. The van der Waals surface area contributed by atoms with Gasteiger partial charge in [-0.15, -0.1) is 0 Å². The molecule has 1 aliphatic heterocycles. The standard InChI is InChI=1S/C15H24N4O3/c1-22-13-3-2-8-19(12(13)4-5-14(16)20)15(21)6-9-18-10-7-17-11-18/h7,10-13H,2-6,8-9H2,1H3,(H2,16,20)/t12-,13-/m0/s1. The quantitative estimate of drug-likeness (QED) is 0.796. The van der Waals surface area contributed by atoms with Crippen LogP contribution in [0.5, 0.6) is 0 Å². The number of carbonyl (C=O) groups excluding carboxylic acids is 2. The number of imidazole rings is 1. The molecule has 1 aliphatic rings. The second-order valence-electron chi connectivity index (χ2n) is 5.63. The molecule has 1 aromatic rings. The number of rotatable bonds is 7. The van der Waals surface area contributed by atoms with E-state index in [2.05, 4.69) is 4.98 Å². The van der Waals surface area contributed by atoms with Crippen LogP contribution in [0, 0.1) is 0 Å². The average Bonchev–Trinajstić information content (AvgIpc) is 3.03. The van der Waals surface area contributed by atoms with Crippen LogP contribution in [0.2, 0.25) is 0 Å². The number of hydrogen-bond donors (Lipinski definition) is 1. The molecule has 7 heteroatoms. The number of aromatic nitrogens is 2. The topological polar surface area (TPSA) is 90.4 Å². The van der Waals surface area contributed by atoms with Crippen molar-refractivity contribution in [2.75, 3.05) is 13.7 Å². The summed E-state index contributed by atoms with van der Waals surface area (Å²) in [7, 11) is 1.65. The van der Waals surface area contributed by atoms with E-state index >= 15 is 0 Å². The van der Waals surface area contributed by atoms with Gasteiger partial charge in [0.15, 0.2) is 0 Å². The minimum atomic E-state index is -0.341. The summed E-state index contributed by atoms with van der Waals surface area (Å²) in [5, 5.41) is 0. The van der Waals surface area contributed by atoms with E-state index in [1.165, 1.54) is 0 Å². The summed E-state index contributed by atoms with van der Waals surface area (Å²) >= 11 is 0. The number of aryl methyl sites for hydroxylation is 1. The van der Waals surface area contributed by atoms with Crippen molar-refractivity contribution in [1.29, 1.82) is 0 Å². The number of amides is 2. The van der Waals surface area contributed by atoms with Crippen LogP contribution < -0.4 is 5.73 Å². The van der Waals surface area contributed by atoms with Crippen molar-refractivity contribution in [2.24, 2.45) is 5.73 Å². The highest BCUT2D eigenvalue weighted by atomic mass is 16.5. The average molecular weight is 308 g/mol. The second kappa shape index (κ2) is 7.93. The Balaban J connectivity index is 1.97.